The average molecular weight is 379 g/mol. The van der Waals surface area contributed by atoms with Crippen LogP contribution in [0, 0.1) is 6.92 Å². The maximum absolute atomic E-state index is 13.1. The van der Waals surface area contributed by atoms with Gasteiger partial charge in [-0.2, -0.15) is 0 Å². The molecule has 1 amide bonds. The first-order valence-electron chi connectivity index (χ1n) is 8.95. The Labute approximate surface area is 162 Å². The molecular formula is C20H21N5OS. The molecule has 0 spiro atoms. The van der Waals surface area contributed by atoms with E-state index in [1.807, 2.05) is 73.1 Å². The topological polar surface area (TPSA) is 71.8 Å². The number of hydrogen-bond donors (Lipinski definition) is 2. The molecule has 4 rings (SSSR count). The van der Waals surface area contributed by atoms with Gasteiger partial charge in [-0.3, -0.25) is 4.79 Å². The molecule has 0 fully saturated rings. The van der Waals surface area contributed by atoms with Gasteiger partial charge in [-0.1, -0.05) is 66.7 Å². The molecule has 27 heavy (non-hydrogen) atoms. The van der Waals surface area contributed by atoms with Crippen LogP contribution in [-0.2, 0) is 11.2 Å². The number of fused-ring (bicyclic) bond motifs is 1. The highest BCUT2D eigenvalue weighted by Crippen LogP contribution is 2.37. The number of nitrogens with one attached hydrogen (secondary N) is 2. The SMILES string of the molecule is CCc1nnc2n1NC(c1ccccc1)C(C(=O)Nc1ccc(C)cc1)S2. The smallest absolute Gasteiger partial charge is 0.240 e. The summed E-state index contributed by atoms with van der Waals surface area (Å²) in [4.78, 5) is 13.1. The number of amides is 1. The van der Waals surface area contributed by atoms with Gasteiger partial charge in [-0.15, -0.1) is 10.2 Å². The fraction of sp³-hybridized carbons (Fsp3) is 0.250. The van der Waals surface area contributed by atoms with Crippen molar-refractivity contribution in [1.29, 1.82) is 0 Å². The Bertz CT molecular complexity index is 939. The van der Waals surface area contributed by atoms with Crippen LogP contribution in [0.4, 0.5) is 5.69 Å². The lowest BCUT2D eigenvalue weighted by atomic mass is 10.0. The summed E-state index contributed by atoms with van der Waals surface area (Å²) in [6, 6.07) is 17.6. The first-order valence-corrected chi connectivity index (χ1v) is 9.83. The zero-order valence-electron chi connectivity index (χ0n) is 15.2. The molecule has 2 unspecified atom stereocenters. The second kappa shape index (κ2) is 7.44. The third-order valence-corrected chi connectivity index (χ3v) is 5.77. The minimum absolute atomic E-state index is 0.0579. The first-order chi connectivity index (χ1) is 13.2. The van der Waals surface area contributed by atoms with Crippen molar-refractivity contribution in [2.75, 3.05) is 10.7 Å². The van der Waals surface area contributed by atoms with Crippen molar-refractivity contribution in [2.24, 2.45) is 0 Å². The summed E-state index contributed by atoms with van der Waals surface area (Å²) in [7, 11) is 0. The maximum Gasteiger partial charge on any atom is 0.240 e. The molecule has 0 bridgehead atoms. The van der Waals surface area contributed by atoms with E-state index < -0.39 is 0 Å². The second-order valence-corrected chi connectivity index (χ2v) is 7.61. The van der Waals surface area contributed by atoms with Gasteiger partial charge in [-0.25, -0.2) is 4.68 Å². The maximum atomic E-state index is 13.1. The summed E-state index contributed by atoms with van der Waals surface area (Å²) in [6.07, 6.45) is 0.766. The molecule has 7 heteroatoms. The minimum atomic E-state index is -0.366. The molecule has 2 N–H and O–H groups in total. The minimum Gasteiger partial charge on any atom is -0.325 e. The van der Waals surface area contributed by atoms with Crippen LogP contribution >= 0.6 is 11.8 Å². The average Bonchev–Trinajstić information content (AvgIpc) is 3.11. The van der Waals surface area contributed by atoms with Crippen LogP contribution in [-0.4, -0.2) is 26.0 Å². The van der Waals surface area contributed by atoms with Crippen LogP contribution in [0.15, 0.2) is 59.8 Å². The molecule has 0 saturated carbocycles. The number of aromatic nitrogens is 3. The second-order valence-electron chi connectivity index (χ2n) is 6.50. The van der Waals surface area contributed by atoms with Gasteiger partial charge >= 0.3 is 0 Å². The van der Waals surface area contributed by atoms with E-state index in [1.165, 1.54) is 11.8 Å². The summed E-state index contributed by atoms with van der Waals surface area (Å²) >= 11 is 1.44. The van der Waals surface area contributed by atoms with Crippen LogP contribution in [0.3, 0.4) is 0 Å². The summed E-state index contributed by atoms with van der Waals surface area (Å²) < 4.78 is 1.90. The highest BCUT2D eigenvalue weighted by atomic mass is 32.2. The third kappa shape index (κ3) is 3.55. The van der Waals surface area contributed by atoms with Crippen LogP contribution in [0.1, 0.15) is 29.9 Å². The zero-order valence-corrected chi connectivity index (χ0v) is 16.0. The van der Waals surface area contributed by atoms with Gasteiger partial charge in [0.15, 0.2) is 5.82 Å². The molecule has 0 aliphatic carbocycles. The Morgan fingerprint density at radius 1 is 1.15 bits per heavy atom. The number of hydrogen-bond acceptors (Lipinski definition) is 5. The van der Waals surface area contributed by atoms with Crippen LogP contribution in [0.2, 0.25) is 0 Å². The van der Waals surface area contributed by atoms with Crippen molar-refractivity contribution in [1.82, 2.24) is 14.9 Å². The summed E-state index contributed by atoms with van der Waals surface area (Å²) in [5.41, 5.74) is 6.45. The molecule has 1 aliphatic heterocycles. The molecule has 0 radical (unpaired) electrons. The number of thioether (sulfide) groups is 1. The Morgan fingerprint density at radius 2 is 1.89 bits per heavy atom. The van der Waals surface area contributed by atoms with Crippen molar-refractivity contribution in [3.05, 3.63) is 71.5 Å². The number of benzene rings is 2. The van der Waals surface area contributed by atoms with Crippen molar-refractivity contribution in [3.63, 3.8) is 0 Å². The molecular weight excluding hydrogens is 358 g/mol. The molecule has 2 aromatic carbocycles. The predicted molar refractivity (Wildman–Crippen MR) is 107 cm³/mol. The predicted octanol–water partition coefficient (Wildman–Crippen LogP) is 3.55. The van der Waals surface area contributed by atoms with E-state index >= 15 is 0 Å². The highest BCUT2D eigenvalue weighted by Gasteiger charge is 2.37. The standard InChI is InChI=1S/C20H21N5OS/c1-3-16-22-23-20-25(16)24-17(14-7-5-4-6-8-14)18(27-20)19(26)21-15-11-9-13(2)10-12-15/h4-12,17-18,24H,3H2,1-2H3,(H,21,26). The van der Waals surface area contributed by atoms with E-state index in [2.05, 4.69) is 20.9 Å². The number of nitrogens with zero attached hydrogens (tertiary/aromatic N) is 3. The van der Waals surface area contributed by atoms with Crippen molar-refractivity contribution >= 4 is 23.4 Å². The summed E-state index contributed by atoms with van der Waals surface area (Å²) in [5.74, 6) is 0.799. The Balaban J connectivity index is 1.65. The normalized spacial score (nSPS) is 18.4. The summed E-state index contributed by atoms with van der Waals surface area (Å²) in [5, 5.41) is 11.8. The number of anilines is 1. The lowest BCUT2D eigenvalue weighted by Crippen LogP contribution is -2.41. The molecule has 2 atom stereocenters. The largest absolute Gasteiger partial charge is 0.325 e. The fourth-order valence-electron chi connectivity index (χ4n) is 3.09. The van der Waals surface area contributed by atoms with Crippen LogP contribution in [0.25, 0.3) is 0 Å². The van der Waals surface area contributed by atoms with E-state index in [1.54, 1.807) is 0 Å². The quantitative estimate of drug-likeness (QED) is 0.725. The van der Waals surface area contributed by atoms with Gasteiger partial charge in [0.1, 0.15) is 5.25 Å². The molecule has 6 nitrogen and oxygen atoms in total. The van der Waals surface area contributed by atoms with Crippen LogP contribution in [0.5, 0.6) is 0 Å². The number of rotatable bonds is 4. The monoisotopic (exact) mass is 379 g/mol. The Hall–Kier alpha value is -2.80. The molecule has 138 valence electrons. The van der Waals surface area contributed by atoms with Crippen molar-refractivity contribution < 1.29 is 4.79 Å². The Kier molecular flexibility index (Phi) is 4.85. The summed E-state index contributed by atoms with van der Waals surface area (Å²) in [6.45, 7) is 4.06. The van der Waals surface area contributed by atoms with Gasteiger partial charge in [-0.05, 0) is 24.6 Å². The molecule has 1 aliphatic rings. The zero-order chi connectivity index (χ0) is 18.8. The molecule has 0 saturated heterocycles. The third-order valence-electron chi connectivity index (χ3n) is 4.56. The van der Waals surface area contributed by atoms with E-state index in [0.717, 1.165) is 29.1 Å². The van der Waals surface area contributed by atoms with Gasteiger partial charge in [0.05, 0.1) is 6.04 Å². The van der Waals surface area contributed by atoms with Crippen molar-refractivity contribution in [2.45, 2.75) is 36.7 Å². The number of carbonyl (C=O) groups excluding carboxylic acids is 1. The lowest BCUT2D eigenvalue weighted by molar-refractivity contribution is -0.116. The lowest BCUT2D eigenvalue weighted by Gasteiger charge is -2.33. The van der Waals surface area contributed by atoms with E-state index in [-0.39, 0.29) is 17.2 Å². The fourth-order valence-corrected chi connectivity index (χ4v) is 4.19. The molecule has 2 heterocycles. The van der Waals surface area contributed by atoms with Crippen LogP contribution < -0.4 is 10.7 Å². The molecule has 3 aromatic rings. The number of aryl methyl sites for hydroxylation is 2. The molecule has 1 aromatic heterocycles. The number of carbonyl (C=O) groups is 1. The van der Waals surface area contributed by atoms with Gasteiger partial charge < -0.3 is 10.7 Å². The van der Waals surface area contributed by atoms with E-state index in [4.69, 9.17) is 0 Å². The van der Waals surface area contributed by atoms with Gasteiger partial charge in [0.25, 0.3) is 0 Å². The van der Waals surface area contributed by atoms with E-state index in [9.17, 15) is 4.79 Å². The Morgan fingerprint density at radius 3 is 2.59 bits per heavy atom. The highest BCUT2D eigenvalue weighted by molar-refractivity contribution is 8.00. The first kappa shape index (κ1) is 17.6. The van der Waals surface area contributed by atoms with Crippen molar-refractivity contribution in [3.8, 4) is 0 Å². The van der Waals surface area contributed by atoms with Gasteiger partial charge in [0, 0.05) is 12.1 Å². The van der Waals surface area contributed by atoms with E-state index in [0.29, 0.717) is 5.16 Å². The van der Waals surface area contributed by atoms with Gasteiger partial charge in [0.2, 0.25) is 11.1 Å².